The van der Waals surface area contributed by atoms with Gasteiger partial charge in [-0.3, -0.25) is 19.8 Å². The van der Waals surface area contributed by atoms with Gasteiger partial charge in [-0.1, -0.05) is 35.7 Å². The first-order valence-electron chi connectivity index (χ1n) is 8.76. The number of ether oxygens (including phenoxy) is 1. The molecule has 0 saturated carbocycles. The lowest BCUT2D eigenvalue weighted by Gasteiger charge is -2.35. The Hall–Kier alpha value is -1.85. The molecule has 2 heterocycles. The van der Waals surface area contributed by atoms with Crippen LogP contribution in [0, 0.1) is 10.1 Å². The summed E-state index contributed by atoms with van der Waals surface area (Å²) in [5.41, 5.74) is 0.684. The van der Waals surface area contributed by atoms with Gasteiger partial charge in [0.05, 0.1) is 22.1 Å². The van der Waals surface area contributed by atoms with E-state index in [0.717, 1.165) is 19.3 Å². The molecule has 0 aliphatic carbocycles. The van der Waals surface area contributed by atoms with E-state index in [1.165, 1.54) is 35.7 Å². The van der Waals surface area contributed by atoms with Crippen LogP contribution in [-0.4, -0.2) is 42.6 Å². The van der Waals surface area contributed by atoms with Gasteiger partial charge in [-0.05, 0) is 37.0 Å². The average Bonchev–Trinajstić information content (AvgIpc) is 2.65. The number of nitro benzene ring substituents is 1. The quantitative estimate of drug-likeness (QED) is 0.320. The summed E-state index contributed by atoms with van der Waals surface area (Å²) >= 11 is 8.30. The molecule has 0 spiro atoms. The summed E-state index contributed by atoms with van der Waals surface area (Å²) in [6, 6.07) is 5.92. The number of nitrogens with zero attached hydrogens (tertiary/aromatic N) is 2. The number of benzene rings is 1. The molecule has 2 amide bonds. The van der Waals surface area contributed by atoms with Crippen LogP contribution in [-0.2, 0) is 16.1 Å². The van der Waals surface area contributed by atoms with E-state index in [2.05, 4.69) is 5.32 Å². The number of piperidine rings is 1. The lowest BCUT2D eigenvalue weighted by atomic mass is 10.1. The number of rotatable bonds is 5. The molecule has 28 heavy (non-hydrogen) atoms. The van der Waals surface area contributed by atoms with Gasteiger partial charge >= 0.3 is 6.09 Å². The Balaban J connectivity index is 1.50. The maximum absolute atomic E-state index is 12.5. The number of likely N-dealkylation sites (tertiary alicyclic amines) is 1. The number of β-lactam (4-membered cyclic amide) rings is 1. The zero-order chi connectivity index (χ0) is 20.1. The number of carbonyl (C=O) groups is 2. The molecular formula is C17H19N3O5S3. The highest BCUT2D eigenvalue weighted by Gasteiger charge is 2.32. The summed E-state index contributed by atoms with van der Waals surface area (Å²) < 4.78 is 6.10. The van der Waals surface area contributed by atoms with Gasteiger partial charge in [0.25, 0.3) is 5.69 Å². The molecule has 2 fully saturated rings. The molecule has 1 aromatic carbocycles. The molecule has 2 aliphatic heterocycles. The Morgan fingerprint density at radius 2 is 2.04 bits per heavy atom. The number of thiocarbonyl (C=S) groups is 1. The maximum atomic E-state index is 12.5. The Morgan fingerprint density at radius 1 is 1.32 bits per heavy atom. The van der Waals surface area contributed by atoms with Crippen LogP contribution in [0.2, 0.25) is 0 Å². The van der Waals surface area contributed by atoms with Crippen LogP contribution < -0.4 is 5.32 Å². The number of nitro groups is 1. The highest BCUT2D eigenvalue weighted by Crippen LogP contribution is 2.34. The predicted octanol–water partition coefficient (Wildman–Crippen LogP) is 3.64. The van der Waals surface area contributed by atoms with Crippen molar-refractivity contribution in [3.8, 4) is 0 Å². The maximum Gasteiger partial charge on any atom is 0.411 e. The van der Waals surface area contributed by atoms with Crippen LogP contribution in [0.3, 0.4) is 0 Å². The van der Waals surface area contributed by atoms with Gasteiger partial charge in [0.2, 0.25) is 5.91 Å². The fourth-order valence-electron chi connectivity index (χ4n) is 2.83. The zero-order valence-electron chi connectivity index (χ0n) is 14.9. The van der Waals surface area contributed by atoms with E-state index < -0.39 is 11.0 Å². The molecule has 0 aromatic heterocycles. The van der Waals surface area contributed by atoms with E-state index in [1.54, 1.807) is 17.0 Å². The fourth-order valence-corrected chi connectivity index (χ4v) is 5.90. The van der Waals surface area contributed by atoms with Crippen LogP contribution in [0.25, 0.3) is 0 Å². The molecule has 150 valence electrons. The summed E-state index contributed by atoms with van der Waals surface area (Å²) in [4.78, 5) is 35.4. The smallest absolute Gasteiger partial charge is 0.411 e. The zero-order valence-corrected chi connectivity index (χ0v) is 17.3. The summed E-state index contributed by atoms with van der Waals surface area (Å²) in [6.45, 7) is 0.655. The van der Waals surface area contributed by atoms with E-state index >= 15 is 0 Å². The number of nitrogens with one attached hydrogen (secondary N) is 1. The van der Waals surface area contributed by atoms with Crippen LogP contribution in [0.15, 0.2) is 24.3 Å². The molecular weight excluding hydrogens is 422 g/mol. The number of amides is 2. The molecule has 2 unspecified atom stereocenters. The second kappa shape index (κ2) is 9.57. The normalized spacial score (nSPS) is 21.4. The number of non-ortho nitro benzene ring substituents is 1. The third-order valence-corrected chi connectivity index (χ3v) is 7.23. The second-order valence-electron chi connectivity index (χ2n) is 6.37. The molecule has 11 heteroatoms. The molecule has 0 radical (unpaired) electrons. The number of hydrogen-bond acceptors (Lipinski definition) is 8. The Kier molecular flexibility index (Phi) is 7.13. The first-order valence-corrected chi connectivity index (χ1v) is 10.9. The van der Waals surface area contributed by atoms with Gasteiger partial charge in [-0.2, -0.15) is 0 Å². The van der Waals surface area contributed by atoms with E-state index in [1.807, 2.05) is 0 Å². The van der Waals surface area contributed by atoms with Crippen molar-refractivity contribution in [3.63, 3.8) is 0 Å². The van der Waals surface area contributed by atoms with Gasteiger partial charge in [0.15, 0.2) is 0 Å². The van der Waals surface area contributed by atoms with Crippen molar-refractivity contribution in [1.29, 1.82) is 0 Å². The second-order valence-corrected chi connectivity index (χ2v) is 9.95. The third kappa shape index (κ3) is 5.58. The van der Waals surface area contributed by atoms with Crippen LogP contribution in [0.4, 0.5) is 10.5 Å². The lowest BCUT2D eigenvalue weighted by molar-refractivity contribution is -0.384. The van der Waals surface area contributed by atoms with Gasteiger partial charge in [0, 0.05) is 18.7 Å². The molecule has 0 bridgehead atoms. The van der Waals surface area contributed by atoms with Crippen molar-refractivity contribution in [3.05, 3.63) is 39.9 Å². The topological polar surface area (TPSA) is 102 Å². The Labute approximate surface area is 175 Å². The highest BCUT2D eigenvalue weighted by atomic mass is 32.2. The molecule has 8 nitrogen and oxygen atoms in total. The van der Waals surface area contributed by atoms with Gasteiger partial charge in [0.1, 0.15) is 10.1 Å². The molecule has 2 saturated heterocycles. The number of hydrogen-bond donors (Lipinski definition) is 1. The minimum atomic E-state index is -0.471. The standard InChI is InChI=1S/C17H19N3O5S3/c21-13-9-14(18-13)27-17(26)28-15-3-1-2-8-19(15)16(22)25-10-11-4-6-12(7-5-11)20(23)24/h4-7,14-15H,1-3,8-10H2,(H,18,21). The average molecular weight is 442 g/mol. The summed E-state index contributed by atoms with van der Waals surface area (Å²) in [5, 5.41) is 13.4. The SMILES string of the molecule is O=C1CC(SC(=S)SC2CCCCN2C(=O)OCc2ccc([N+](=O)[O-])cc2)N1. The largest absolute Gasteiger partial charge is 0.445 e. The molecule has 1 aromatic rings. The molecule has 1 N–H and O–H groups in total. The minimum absolute atomic E-state index is 0.00349. The lowest BCUT2D eigenvalue weighted by Crippen LogP contribution is -2.47. The summed E-state index contributed by atoms with van der Waals surface area (Å²) in [5.74, 6) is 0.0272. The predicted molar refractivity (Wildman–Crippen MR) is 112 cm³/mol. The third-order valence-electron chi connectivity index (χ3n) is 4.36. The van der Waals surface area contributed by atoms with Crippen molar-refractivity contribution >= 4 is 57.0 Å². The van der Waals surface area contributed by atoms with Crippen molar-refractivity contribution < 1.29 is 19.2 Å². The van der Waals surface area contributed by atoms with Gasteiger partial charge in [-0.25, -0.2) is 4.79 Å². The highest BCUT2D eigenvalue weighted by molar-refractivity contribution is 8.47. The van der Waals surface area contributed by atoms with Crippen molar-refractivity contribution in [2.24, 2.45) is 0 Å². The van der Waals surface area contributed by atoms with Gasteiger partial charge < -0.3 is 10.1 Å². The summed E-state index contributed by atoms with van der Waals surface area (Å²) in [7, 11) is 0. The minimum Gasteiger partial charge on any atom is -0.445 e. The van der Waals surface area contributed by atoms with E-state index in [0.29, 0.717) is 22.1 Å². The Morgan fingerprint density at radius 3 is 2.68 bits per heavy atom. The van der Waals surface area contributed by atoms with E-state index in [-0.39, 0.29) is 28.9 Å². The van der Waals surface area contributed by atoms with Crippen molar-refractivity contribution in [1.82, 2.24) is 10.2 Å². The monoisotopic (exact) mass is 441 g/mol. The van der Waals surface area contributed by atoms with Gasteiger partial charge in [-0.15, -0.1) is 0 Å². The van der Waals surface area contributed by atoms with E-state index in [9.17, 15) is 19.7 Å². The van der Waals surface area contributed by atoms with Crippen molar-refractivity contribution in [2.45, 2.75) is 43.0 Å². The molecule has 2 aliphatic rings. The van der Waals surface area contributed by atoms with E-state index in [4.69, 9.17) is 17.0 Å². The van der Waals surface area contributed by atoms with Crippen molar-refractivity contribution in [2.75, 3.05) is 6.54 Å². The molecule has 3 rings (SSSR count). The summed E-state index contributed by atoms with van der Waals surface area (Å²) in [6.07, 6.45) is 2.80. The number of carbonyl (C=O) groups excluding carboxylic acids is 2. The number of thioether (sulfide) groups is 2. The van der Waals surface area contributed by atoms with Crippen LogP contribution in [0.5, 0.6) is 0 Å². The first-order chi connectivity index (χ1) is 13.4. The van der Waals surface area contributed by atoms with Crippen LogP contribution in [0.1, 0.15) is 31.2 Å². The van der Waals surface area contributed by atoms with Crippen LogP contribution >= 0.6 is 35.7 Å². The Bertz CT molecular complexity index is 766. The fraction of sp³-hybridized carbons (Fsp3) is 0.471. The molecule has 2 atom stereocenters. The first kappa shape index (κ1) is 20.9.